The summed E-state index contributed by atoms with van der Waals surface area (Å²) >= 11 is 1.24. The zero-order chi connectivity index (χ0) is 25.8. The molecule has 0 unspecified atom stereocenters. The summed E-state index contributed by atoms with van der Waals surface area (Å²) in [5.41, 5.74) is 1.25. The van der Waals surface area contributed by atoms with E-state index in [2.05, 4.69) is 30.3 Å². The molecule has 4 aromatic rings. The molecule has 0 saturated heterocycles. The molecule has 0 aliphatic carbocycles. The third-order valence-corrected chi connectivity index (χ3v) is 5.86. The molecule has 0 fully saturated rings. The van der Waals surface area contributed by atoms with E-state index in [0.29, 0.717) is 46.9 Å². The number of thioether (sulfide) groups is 1. The minimum atomic E-state index is -4.81. The Bertz CT molecular complexity index is 1400. The molecule has 14 heteroatoms. The van der Waals surface area contributed by atoms with E-state index in [4.69, 9.17) is 9.47 Å². The van der Waals surface area contributed by atoms with Gasteiger partial charge in [0.05, 0.1) is 11.4 Å². The van der Waals surface area contributed by atoms with Gasteiger partial charge in [-0.05, 0) is 42.5 Å². The Morgan fingerprint density at radius 2 is 1.78 bits per heavy atom. The molecule has 0 radical (unpaired) electrons. The third-order valence-electron chi connectivity index (χ3n) is 4.97. The first kappa shape index (κ1) is 24.4. The summed E-state index contributed by atoms with van der Waals surface area (Å²) in [6.07, 6.45) is -1.65. The van der Waals surface area contributed by atoms with Crippen molar-refractivity contribution in [1.82, 2.24) is 25.0 Å². The van der Waals surface area contributed by atoms with Crippen molar-refractivity contribution in [3.8, 4) is 22.9 Å². The molecule has 0 spiro atoms. The highest BCUT2D eigenvalue weighted by Crippen LogP contribution is 2.33. The molecule has 1 aliphatic heterocycles. The standard InChI is InChI=1S/C23H17F3N6O4S/c24-23(25,26)36-16-5-3-15(4-6-16)32-17(13-37-22-27-8-1-9-28-22)20(30-31-32)21(33)29-14-2-7-18-19(12-14)35-11-10-34-18/h1-9,12H,10-11,13H2,(H,29,33). The predicted molar refractivity (Wildman–Crippen MR) is 125 cm³/mol. The van der Waals surface area contributed by atoms with Gasteiger partial charge in [-0.15, -0.1) is 18.3 Å². The van der Waals surface area contributed by atoms with E-state index in [0.717, 1.165) is 12.1 Å². The highest BCUT2D eigenvalue weighted by Gasteiger charge is 2.31. The quantitative estimate of drug-likeness (QED) is 0.276. The number of nitrogens with one attached hydrogen (secondary N) is 1. The number of hydrogen-bond acceptors (Lipinski definition) is 9. The van der Waals surface area contributed by atoms with E-state index in [-0.39, 0.29) is 17.2 Å². The first-order chi connectivity index (χ1) is 17.9. The fourth-order valence-electron chi connectivity index (χ4n) is 3.41. The van der Waals surface area contributed by atoms with E-state index < -0.39 is 12.3 Å². The first-order valence-corrected chi connectivity index (χ1v) is 11.8. The van der Waals surface area contributed by atoms with Crippen molar-refractivity contribution in [3.05, 3.63) is 72.3 Å². The van der Waals surface area contributed by atoms with Crippen LogP contribution < -0.4 is 19.5 Å². The minimum absolute atomic E-state index is 0.0222. The lowest BCUT2D eigenvalue weighted by molar-refractivity contribution is -0.274. The molecule has 37 heavy (non-hydrogen) atoms. The van der Waals surface area contributed by atoms with E-state index in [1.165, 1.54) is 28.6 Å². The van der Waals surface area contributed by atoms with Crippen molar-refractivity contribution in [3.63, 3.8) is 0 Å². The van der Waals surface area contributed by atoms with E-state index in [1.54, 1.807) is 36.7 Å². The van der Waals surface area contributed by atoms with Crippen molar-refractivity contribution in [2.24, 2.45) is 0 Å². The summed E-state index contributed by atoms with van der Waals surface area (Å²) in [4.78, 5) is 21.5. The highest BCUT2D eigenvalue weighted by molar-refractivity contribution is 7.98. The SMILES string of the molecule is O=C(Nc1ccc2c(c1)OCCO2)c1nnn(-c2ccc(OC(F)(F)F)cc2)c1CSc1ncccn1. The van der Waals surface area contributed by atoms with E-state index >= 15 is 0 Å². The van der Waals surface area contributed by atoms with Crippen LogP contribution in [-0.2, 0) is 5.75 Å². The first-order valence-electron chi connectivity index (χ1n) is 10.8. The number of alkyl halides is 3. The second-order valence-corrected chi connectivity index (χ2v) is 8.41. The molecule has 0 atom stereocenters. The van der Waals surface area contributed by atoms with Crippen molar-refractivity contribution >= 4 is 23.4 Å². The predicted octanol–water partition coefficient (Wildman–Crippen LogP) is 4.27. The second-order valence-electron chi connectivity index (χ2n) is 7.47. The van der Waals surface area contributed by atoms with E-state index in [1.807, 2.05) is 0 Å². The van der Waals surface area contributed by atoms with Crippen LogP contribution in [0.4, 0.5) is 18.9 Å². The molecule has 1 N–H and O–H groups in total. The Morgan fingerprint density at radius 1 is 1.05 bits per heavy atom. The van der Waals surface area contributed by atoms with Gasteiger partial charge in [0.2, 0.25) is 0 Å². The Labute approximate surface area is 211 Å². The summed E-state index contributed by atoms with van der Waals surface area (Å²) in [7, 11) is 0. The number of carbonyl (C=O) groups excluding carboxylic acids is 1. The van der Waals surface area contributed by atoms with Crippen LogP contribution in [0, 0.1) is 0 Å². The summed E-state index contributed by atoms with van der Waals surface area (Å²) in [6.45, 7) is 0.839. The van der Waals surface area contributed by atoms with Gasteiger partial charge in [-0.1, -0.05) is 17.0 Å². The van der Waals surface area contributed by atoms with Crippen molar-refractivity contribution < 1.29 is 32.2 Å². The lowest BCUT2D eigenvalue weighted by atomic mass is 10.2. The number of halogens is 3. The molecular formula is C23H17F3N6O4S. The molecule has 10 nitrogen and oxygen atoms in total. The van der Waals surface area contributed by atoms with Crippen molar-refractivity contribution in [1.29, 1.82) is 0 Å². The van der Waals surface area contributed by atoms with Gasteiger partial charge in [-0.25, -0.2) is 14.6 Å². The topological polar surface area (TPSA) is 113 Å². The van der Waals surface area contributed by atoms with Crippen molar-refractivity contribution in [2.75, 3.05) is 18.5 Å². The van der Waals surface area contributed by atoms with Gasteiger partial charge < -0.3 is 19.5 Å². The molecule has 2 aromatic heterocycles. The molecule has 5 rings (SSSR count). The summed E-state index contributed by atoms with van der Waals surface area (Å²) in [5.74, 6) is 0.354. The van der Waals surface area contributed by atoms with Crippen LogP contribution in [0.5, 0.6) is 17.2 Å². The molecule has 0 bridgehead atoms. The molecule has 190 valence electrons. The maximum atomic E-state index is 13.2. The fourth-order valence-corrected chi connectivity index (χ4v) is 4.20. The van der Waals surface area contributed by atoms with Gasteiger partial charge in [0, 0.05) is 29.9 Å². The van der Waals surface area contributed by atoms with Crippen LogP contribution in [0.2, 0.25) is 0 Å². The highest BCUT2D eigenvalue weighted by atomic mass is 32.2. The monoisotopic (exact) mass is 530 g/mol. The van der Waals surface area contributed by atoms with Crippen LogP contribution in [0.25, 0.3) is 5.69 Å². The third kappa shape index (κ3) is 5.91. The normalized spacial score (nSPS) is 12.7. The number of hydrogen-bond donors (Lipinski definition) is 1. The lowest BCUT2D eigenvalue weighted by Gasteiger charge is -2.18. The Kier molecular flexibility index (Phi) is 6.81. The van der Waals surface area contributed by atoms with Gasteiger partial charge in [-0.3, -0.25) is 4.79 Å². The molecule has 1 aliphatic rings. The summed E-state index contributed by atoms with van der Waals surface area (Å²) < 4.78 is 53.9. The maximum Gasteiger partial charge on any atom is 0.573 e. The number of amides is 1. The average Bonchev–Trinajstić information content (AvgIpc) is 3.31. The van der Waals surface area contributed by atoms with Crippen LogP contribution in [-0.4, -0.2) is 50.4 Å². The molecule has 3 heterocycles. The zero-order valence-electron chi connectivity index (χ0n) is 18.8. The lowest BCUT2D eigenvalue weighted by Crippen LogP contribution is -2.17. The van der Waals surface area contributed by atoms with Gasteiger partial charge >= 0.3 is 6.36 Å². The average molecular weight is 530 g/mol. The Morgan fingerprint density at radius 3 is 2.51 bits per heavy atom. The number of carbonyl (C=O) groups is 1. The van der Waals surface area contributed by atoms with Crippen LogP contribution in [0.3, 0.4) is 0 Å². The summed E-state index contributed by atoms with van der Waals surface area (Å²) in [5, 5.41) is 11.4. The van der Waals surface area contributed by atoms with Crippen molar-refractivity contribution in [2.45, 2.75) is 17.3 Å². The maximum absolute atomic E-state index is 13.2. The largest absolute Gasteiger partial charge is 0.573 e. The van der Waals surface area contributed by atoms with Crippen LogP contribution >= 0.6 is 11.8 Å². The fraction of sp³-hybridized carbons (Fsp3) is 0.174. The molecule has 0 saturated carbocycles. The number of rotatable bonds is 7. The number of aromatic nitrogens is 5. The van der Waals surface area contributed by atoms with Gasteiger partial charge in [0.1, 0.15) is 19.0 Å². The van der Waals surface area contributed by atoms with Gasteiger partial charge in [0.25, 0.3) is 5.91 Å². The zero-order valence-corrected chi connectivity index (χ0v) is 19.6. The second kappa shape index (κ2) is 10.3. The Hall–Kier alpha value is -4.33. The van der Waals surface area contributed by atoms with E-state index in [9.17, 15) is 18.0 Å². The van der Waals surface area contributed by atoms with Gasteiger partial charge in [-0.2, -0.15) is 0 Å². The number of benzene rings is 2. The van der Waals surface area contributed by atoms with Gasteiger partial charge in [0.15, 0.2) is 22.3 Å². The number of ether oxygens (including phenoxy) is 3. The number of fused-ring (bicyclic) bond motifs is 1. The molecule has 2 aromatic carbocycles. The van der Waals surface area contributed by atoms with Crippen LogP contribution in [0.1, 0.15) is 16.2 Å². The molecule has 1 amide bonds. The minimum Gasteiger partial charge on any atom is -0.486 e. The van der Waals surface area contributed by atoms with Crippen LogP contribution in [0.15, 0.2) is 66.1 Å². The molecular weight excluding hydrogens is 513 g/mol. The smallest absolute Gasteiger partial charge is 0.486 e. The number of anilines is 1. The Balaban J connectivity index is 1.42. The number of nitrogens with zero attached hydrogens (tertiary/aromatic N) is 5. The summed E-state index contributed by atoms with van der Waals surface area (Å²) in [6, 6.07) is 11.7.